The average Bonchev–Trinajstić information content (AvgIpc) is 2.67. The minimum Gasteiger partial charge on any atom is -0.491 e. The van der Waals surface area contributed by atoms with Crippen LogP contribution >= 0.6 is 0 Å². The SMILES string of the molecule is CCC(C)Oc1ccc(C(=O)N2CCCCC2CNC(=O)CCN)cc1. The first kappa shape index (κ1) is 20.2. The summed E-state index contributed by atoms with van der Waals surface area (Å²) in [7, 11) is 0. The van der Waals surface area contributed by atoms with E-state index in [1.54, 1.807) is 0 Å². The summed E-state index contributed by atoms with van der Waals surface area (Å²) in [5, 5.41) is 2.89. The molecule has 1 heterocycles. The average molecular weight is 361 g/mol. The molecule has 0 aliphatic carbocycles. The van der Waals surface area contributed by atoms with Crippen LogP contribution in [0.15, 0.2) is 24.3 Å². The van der Waals surface area contributed by atoms with Crippen LogP contribution in [0.4, 0.5) is 0 Å². The van der Waals surface area contributed by atoms with Crippen molar-refractivity contribution in [1.82, 2.24) is 10.2 Å². The van der Waals surface area contributed by atoms with Gasteiger partial charge in [0, 0.05) is 37.7 Å². The Kier molecular flexibility index (Phi) is 7.91. The molecule has 2 amide bonds. The zero-order valence-electron chi connectivity index (χ0n) is 15.9. The number of ether oxygens (including phenoxy) is 1. The van der Waals surface area contributed by atoms with E-state index in [1.807, 2.05) is 36.1 Å². The molecule has 6 heteroatoms. The Morgan fingerprint density at radius 1 is 1.31 bits per heavy atom. The first-order valence-corrected chi connectivity index (χ1v) is 9.59. The van der Waals surface area contributed by atoms with E-state index in [4.69, 9.17) is 10.5 Å². The van der Waals surface area contributed by atoms with Crippen LogP contribution in [0.2, 0.25) is 0 Å². The lowest BCUT2D eigenvalue weighted by molar-refractivity contribution is -0.121. The number of carbonyl (C=O) groups excluding carboxylic acids is 2. The molecule has 0 spiro atoms. The molecule has 0 bridgehead atoms. The number of nitrogens with one attached hydrogen (secondary N) is 1. The predicted molar refractivity (Wildman–Crippen MR) is 102 cm³/mol. The second-order valence-electron chi connectivity index (χ2n) is 6.85. The largest absolute Gasteiger partial charge is 0.491 e. The standard InChI is InChI=1S/C20H31N3O3/c1-3-15(2)26-18-9-7-16(8-10-18)20(25)23-13-5-4-6-17(23)14-22-19(24)11-12-21/h7-10,15,17H,3-6,11-14,21H2,1-2H3,(H,22,24). The summed E-state index contributed by atoms with van der Waals surface area (Å²) in [6.45, 7) is 5.65. The van der Waals surface area contributed by atoms with Gasteiger partial charge < -0.3 is 20.7 Å². The summed E-state index contributed by atoms with van der Waals surface area (Å²) in [4.78, 5) is 26.5. The van der Waals surface area contributed by atoms with Crippen LogP contribution in [0, 0.1) is 0 Å². The van der Waals surface area contributed by atoms with Crippen molar-refractivity contribution in [2.45, 2.75) is 58.1 Å². The summed E-state index contributed by atoms with van der Waals surface area (Å²) < 4.78 is 5.77. The minimum absolute atomic E-state index is 0.0119. The van der Waals surface area contributed by atoms with Crippen molar-refractivity contribution in [3.8, 4) is 5.75 Å². The van der Waals surface area contributed by atoms with E-state index in [1.165, 1.54) is 0 Å². The number of piperidine rings is 1. The fourth-order valence-electron chi connectivity index (χ4n) is 3.09. The fraction of sp³-hybridized carbons (Fsp3) is 0.600. The molecule has 2 unspecified atom stereocenters. The number of benzene rings is 1. The zero-order valence-corrected chi connectivity index (χ0v) is 15.9. The lowest BCUT2D eigenvalue weighted by atomic mass is 10.0. The number of hydrogen-bond donors (Lipinski definition) is 2. The van der Waals surface area contributed by atoms with Crippen LogP contribution in [0.3, 0.4) is 0 Å². The van der Waals surface area contributed by atoms with E-state index in [-0.39, 0.29) is 24.0 Å². The normalized spacial score (nSPS) is 18.3. The van der Waals surface area contributed by atoms with Crippen LogP contribution < -0.4 is 15.8 Å². The Labute approximate surface area is 156 Å². The Morgan fingerprint density at radius 3 is 2.69 bits per heavy atom. The maximum atomic E-state index is 12.9. The van der Waals surface area contributed by atoms with Crippen molar-refractivity contribution in [3.05, 3.63) is 29.8 Å². The molecule has 144 valence electrons. The maximum Gasteiger partial charge on any atom is 0.254 e. The maximum absolute atomic E-state index is 12.9. The molecule has 0 aromatic heterocycles. The van der Waals surface area contributed by atoms with E-state index in [0.717, 1.165) is 38.0 Å². The number of hydrogen-bond acceptors (Lipinski definition) is 4. The first-order chi connectivity index (χ1) is 12.5. The molecule has 1 aromatic rings. The molecular formula is C20H31N3O3. The van der Waals surface area contributed by atoms with Crippen molar-refractivity contribution in [3.63, 3.8) is 0 Å². The summed E-state index contributed by atoms with van der Waals surface area (Å²) in [6, 6.07) is 7.37. The van der Waals surface area contributed by atoms with Gasteiger partial charge in [-0.15, -0.1) is 0 Å². The van der Waals surface area contributed by atoms with Gasteiger partial charge in [-0.25, -0.2) is 0 Å². The third-order valence-electron chi connectivity index (χ3n) is 4.81. The Morgan fingerprint density at radius 2 is 2.04 bits per heavy atom. The van der Waals surface area contributed by atoms with Gasteiger partial charge in [0.25, 0.3) is 5.91 Å². The highest BCUT2D eigenvalue weighted by atomic mass is 16.5. The first-order valence-electron chi connectivity index (χ1n) is 9.59. The summed E-state index contributed by atoms with van der Waals surface area (Å²) >= 11 is 0. The highest BCUT2D eigenvalue weighted by molar-refractivity contribution is 5.94. The molecule has 1 aliphatic heterocycles. The van der Waals surface area contributed by atoms with E-state index in [9.17, 15) is 9.59 Å². The van der Waals surface area contributed by atoms with Gasteiger partial charge in [-0.05, 0) is 56.9 Å². The Hall–Kier alpha value is -2.08. The van der Waals surface area contributed by atoms with Crippen molar-refractivity contribution >= 4 is 11.8 Å². The Bertz CT molecular complexity index is 588. The third kappa shape index (κ3) is 5.73. The second kappa shape index (κ2) is 10.2. The molecule has 1 fully saturated rings. The minimum atomic E-state index is -0.0583. The van der Waals surface area contributed by atoms with Gasteiger partial charge in [-0.3, -0.25) is 9.59 Å². The quantitative estimate of drug-likeness (QED) is 0.744. The number of amides is 2. The second-order valence-corrected chi connectivity index (χ2v) is 6.85. The van der Waals surface area contributed by atoms with Crippen molar-refractivity contribution in [2.75, 3.05) is 19.6 Å². The lowest BCUT2D eigenvalue weighted by Gasteiger charge is -2.36. The number of carbonyl (C=O) groups is 2. The van der Waals surface area contributed by atoms with Gasteiger partial charge in [0.1, 0.15) is 5.75 Å². The third-order valence-corrected chi connectivity index (χ3v) is 4.81. The smallest absolute Gasteiger partial charge is 0.254 e. The predicted octanol–water partition coefficient (Wildman–Crippen LogP) is 2.32. The molecule has 0 saturated carbocycles. The van der Waals surface area contributed by atoms with E-state index in [2.05, 4.69) is 12.2 Å². The molecule has 3 N–H and O–H groups in total. The highest BCUT2D eigenvalue weighted by Crippen LogP contribution is 2.21. The molecule has 2 atom stereocenters. The van der Waals surface area contributed by atoms with Gasteiger partial charge in [0.15, 0.2) is 0 Å². The van der Waals surface area contributed by atoms with Crippen molar-refractivity contribution in [2.24, 2.45) is 5.73 Å². The number of likely N-dealkylation sites (tertiary alicyclic amines) is 1. The topological polar surface area (TPSA) is 84.7 Å². The van der Waals surface area contributed by atoms with E-state index >= 15 is 0 Å². The molecule has 1 saturated heterocycles. The fourth-order valence-corrected chi connectivity index (χ4v) is 3.09. The highest BCUT2D eigenvalue weighted by Gasteiger charge is 2.27. The molecule has 1 aromatic carbocycles. The van der Waals surface area contributed by atoms with Crippen LogP contribution in [0.1, 0.15) is 56.3 Å². The molecule has 6 nitrogen and oxygen atoms in total. The van der Waals surface area contributed by atoms with E-state index in [0.29, 0.717) is 25.1 Å². The molecule has 26 heavy (non-hydrogen) atoms. The molecular weight excluding hydrogens is 330 g/mol. The number of nitrogens with two attached hydrogens (primary N) is 1. The molecule has 1 aliphatic rings. The van der Waals surface area contributed by atoms with Crippen LogP contribution in [-0.2, 0) is 4.79 Å². The van der Waals surface area contributed by atoms with Crippen LogP contribution in [0.25, 0.3) is 0 Å². The van der Waals surface area contributed by atoms with Crippen LogP contribution in [0.5, 0.6) is 5.75 Å². The van der Waals surface area contributed by atoms with Crippen molar-refractivity contribution in [1.29, 1.82) is 0 Å². The summed E-state index contributed by atoms with van der Waals surface area (Å²) in [5.74, 6) is 0.732. The monoisotopic (exact) mass is 361 g/mol. The van der Waals surface area contributed by atoms with Gasteiger partial charge in [-0.1, -0.05) is 6.92 Å². The lowest BCUT2D eigenvalue weighted by Crippen LogP contribution is -2.49. The van der Waals surface area contributed by atoms with Crippen molar-refractivity contribution < 1.29 is 14.3 Å². The molecule has 2 rings (SSSR count). The van der Waals surface area contributed by atoms with Gasteiger partial charge in [0.05, 0.1) is 6.10 Å². The van der Waals surface area contributed by atoms with E-state index < -0.39 is 0 Å². The zero-order chi connectivity index (χ0) is 18.9. The number of rotatable bonds is 8. The van der Waals surface area contributed by atoms with Gasteiger partial charge in [-0.2, -0.15) is 0 Å². The number of nitrogens with zero attached hydrogens (tertiary/aromatic N) is 1. The molecule has 0 radical (unpaired) electrons. The summed E-state index contributed by atoms with van der Waals surface area (Å²) in [6.07, 6.45) is 4.38. The van der Waals surface area contributed by atoms with Gasteiger partial charge >= 0.3 is 0 Å². The summed E-state index contributed by atoms with van der Waals surface area (Å²) in [5.41, 5.74) is 6.06. The van der Waals surface area contributed by atoms with Gasteiger partial charge in [0.2, 0.25) is 5.91 Å². The Balaban J connectivity index is 1.99. The van der Waals surface area contributed by atoms with Crippen LogP contribution in [-0.4, -0.2) is 48.5 Å².